The number of rotatable bonds is 4. The molecule has 0 radical (unpaired) electrons. The molecule has 136 valence electrons. The average Bonchev–Trinajstić information content (AvgIpc) is 3.18. The predicted octanol–water partition coefficient (Wildman–Crippen LogP) is 1.54. The number of hydrogen-bond donors (Lipinski definition) is 1. The third-order valence-corrected chi connectivity index (χ3v) is 4.25. The van der Waals surface area contributed by atoms with Crippen LogP contribution in [0.4, 0.5) is 5.82 Å². The van der Waals surface area contributed by atoms with E-state index in [9.17, 15) is 9.59 Å². The van der Waals surface area contributed by atoms with Crippen LogP contribution in [0.15, 0.2) is 58.1 Å². The Bertz CT molecular complexity index is 1210. The van der Waals surface area contributed by atoms with E-state index in [0.717, 1.165) is 0 Å². The van der Waals surface area contributed by atoms with Crippen molar-refractivity contribution in [2.24, 2.45) is 0 Å². The number of nitrogens with two attached hydrogens (primary N) is 1. The summed E-state index contributed by atoms with van der Waals surface area (Å²) in [5, 5.41) is 0.266. The Morgan fingerprint density at radius 1 is 1.33 bits per heavy atom. The summed E-state index contributed by atoms with van der Waals surface area (Å²) in [5.41, 5.74) is 6.93. The molecule has 0 saturated carbocycles. The standard InChI is InChI=1S/C19H16N4O4/c1-2-26-19(25)13-10-14-17(21-15-7-3-4-8-22(15)18(14)24)23(16(13)20)11-12-6-5-9-27-12/h3-10,20H,2,11H2,1H3/p+1. The molecule has 27 heavy (non-hydrogen) atoms. The number of anilines is 1. The molecule has 0 amide bonds. The highest BCUT2D eigenvalue weighted by atomic mass is 16.5. The Morgan fingerprint density at radius 3 is 2.93 bits per heavy atom. The van der Waals surface area contributed by atoms with Crippen LogP contribution in [-0.2, 0) is 11.3 Å². The number of esters is 1. The number of carbonyl (C=O) groups excluding carboxylic acids is 1. The van der Waals surface area contributed by atoms with Crippen LogP contribution in [0.25, 0.3) is 16.7 Å². The SMILES string of the molecule is CCOC(=O)c1cc2c(=O)n3ccccc3nc2[n+](Cc2ccco2)c1N. The third kappa shape index (κ3) is 2.80. The van der Waals surface area contributed by atoms with Crippen molar-refractivity contribution in [3.05, 3.63) is 70.5 Å². The van der Waals surface area contributed by atoms with Crippen molar-refractivity contribution >= 4 is 28.5 Å². The first-order valence-electron chi connectivity index (χ1n) is 8.43. The first-order valence-corrected chi connectivity index (χ1v) is 8.43. The Kier molecular flexibility index (Phi) is 4.08. The molecule has 8 heteroatoms. The maximum absolute atomic E-state index is 13.0. The quantitative estimate of drug-likeness (QED) is 0.334. The molecular weight excluding hydrogens is 348 g/mol. The first kappa shape index (κ1) is 16.8. The monoisotopic (exact) mass is 365 g/mol. The van der Waals surface area contributed by atoms with E-state index >= 15 is 0 Å². The molecule has 0 fully saturated rings. The van der Waals surface area contributed by atoms with E-state index < -0.39 is 5.97 Å². The van der Waals surface area contributed by atoms with Gasteiger partial charge in [-0.2, -0.15) is 0 Å². The van der Waals surface area contributed by atoms with Crippen molar-refractivity contribution < 1.29 is 18.5 Å². The van der Waals surface area contributed by atoms with Crippen LogP contribution in [-0.4, -0.2) is 22.0 Å². The summed E-state index contributed by atoms with van der Waals surface area (Å²) in [7, 11) is 0. The second kappa shape index (κ2) is 6.56. The lowest BCUT2D eigenvalue weighted by atomic mass is 10.2. The van der Waals surface area contributed by atoms with E-state index in [-0.39, 0.29) is 35.5 Å². The lowest BCUT2D eigenvalue weighted by molar-refractivity contribution is -0.651. The summed E-state index contributed by atoms with van der Waals surface area (Å²) in [6.45, 7) is 2.12. The van der Waals surface area contributed by atoms with Crippen LogP contribution in [0.3, 0.4) is 0 Å². The third-order valence-electron chi connectivity index (χ3n) is 4.25. The zero-order valence-electron chi connectivity index (χ0n) is 14.6. The molecule has 4 aromatic heterocycles. The zero-order valence-corrected chi connectivity index (χ0v) is 14.6. The van der Waals surface area contributed by atoms with Crippen molar-refractivity contribution in [2.75, 3.05) is 12.3 Å². The number of carbonyl (C=O) groups is 1. The fourth-order valence-electron chi connectivity index (χ4n) is 2.99. The van der Waals surface area contributed by atoms with Crippen LogP contribution in [0.1, 0.15) is 23.0 Å². The molecule has 0 spiro atoms. The van der Waals surface area contributed by atoms with Gasteiger partial charge < -0.3 is 14.9 Å². The summed E-state index contributed by atoms with van der Waals surface area (Å²) >= 11 is 0. The average molecular weight is 365 g/mol. The number of ether oxygens (including phenoxy) is 1. The molecular formula is C19H17N4O4+. The van der Waals surface area contributed by atoms with Gasteiger partial charge in [0.1, 0.15) is 23.3 Å². The van der Waals surface area contributed by atoms with Gasteiger partial charge in [0.15, 0.2) is 0 Å². The summed E-state index contributed by atoms with van der Waals surface area (Å²) in [5.74, 6) is 0.177. The topological polar surface area (TPSA) is 104 Å². The van der Waals surface area contributed by atoms with Gasteiger partial charge in [-0.25, -0.2) is 9.36 Å². The highest BCUT2D eigenvalue weighted by Gasteiger charge is 2.25. The number of furan rings is 1. The molecule has 4 heterocycles. The van der Waals surface area contributed by atoms with E-state index in [0.29, 0.717) is 17.1 Å². The minimum Gasteiger partial charge on any atom is -0.466 e. The van der Waals surface area contributed by atoms with Crippen molar-refractivity contribution in [2.45, 2.75) is 13.5 Å². The maximum atomic E-state index is 13.0. The van der Waals surface area contributed by atoms with Crippen molar-refractivity contribution in [3.8, 4) is 0 Å². The lowest BCUT2D eigenvalue weighted by Gasteiger charge is -2.11. The molecule has 0 aliphatic heterocycles. The van der Waals surface area contributed by atoms with Crippen molar-refractivity contribution in [1.29, 1.82) is 0 Å². The second-order valence-electron chi connectivity index (χ2n) is 5.91. The molecule has 0 unspecified atom stereocenters. The Morgan fingerprint density at radius 2 is 2.19 bits per heavy atom. The number of fused-ring (bicyclic) bond motifs is 2. The van der Waals surface area contributed by atoms with Crippen molar-refractivity contribution in [3.63, 3.8) is 0 Å². The van der Waals surface area contributed by atoms with Crippen LogP contribution in [0.5, 0.6) is 0 Å². The summed E-state index contributed by atoms with van der Waals surface area (Å²) < 4.78 is 13.5. The maximum Gasteiger partial charge on any atom is 0.344 e. The second-order valence-corrected chi connectivity index (χ2v) is 5.91. The molecule has 0 aliphatic rings. The van der Waals surface area contributed by atoms with Crippen LogP contribution in [0, 0.1) is 0 Å². The van der Waals surface area contributed by atoms with Gasteiger partial charge in [0.2, 0.25) is 11.5 Å². The Hall–Kier alpha value is -3.68. The number of nitrogens with zero attached hydrogens (tertiary/aromatic N) is 3. The number of hydrogen-bond acceptors (Lipinski definition) is 6. The van der Waals surface area contributed by atoms with E-state index in [1.807, 2.05) is 0 Å². The van der Waals surface area contributed by atoms with Gasteiger partial charge in [0.05, 0.1) is 12.9 Å². The number of pyridine rings is 2. The molecule has 8 nitrogen and oxygen atoms in total. The van der Waals surface area contributed by atoms with Gasteiger partial charge >= 0.3 is 5.97 Å². The fraction of sp³-hybridized carbons (Fsp3) is 0.158. The zero-order chi connectivity index (χ0) is 19.0. The van der Waals surface area contributed by atoms with Gasteiger partial charge in [0, 0.05) is 6.20 Å². The minimum absolute atomic E-state index is 0.116. The largest absolute Gasteiger partial charge is 0.466 e. The number of nitrogen functional groups attached to an aromatic ring is 1. The highest BCUT2D eigenvalue weighted by molar-refractivity contribution is 5.96. The normalized spacial score (nSPS) is 11.1. The Labute approximate surface area is 153 Å². The first-order chi connectivity index (χ1) is 13.1. The molecule has 0 bridgehead atoms. The molecule has 0 aromatic carbocycles. The molecule has 2 N–H and O–H groups in total. The predicted molar refractivity (Wildman–Crippen MR) is 97.3 cm³/mol. The van der Waals surface area contributed by atoms with Gasteiger partial charge in [-0.15, -0.1) is 0 Å². The summed E-state index contributed by atoms with van der Waals surface area (Å²) in [6.07, 6.45) is 3.17. The van der Waals surface area contributed by atoms with Gasteiger partial charge in [-0.05, 0) is 37.3 Å². The van der Waals surface area contributed by atoms with Gasteiger partial charge in [-0.1, -0.05) is 11.1 Å². The molecule has 0 atom stereocenters. The smallest absolute Gasteiger partial charge is 0.344 e. The molecule has 0 saturated heterocycles. The summed E-state index contributed by atoms with van der Waals surface area (Å²) in [6, 6.07) is 10.2. The minimum atomic E-state index is -0.595. The van der Waals surface area contributed by atoms with E-state index in [2.05, 4.69) is 4.98 Å². The van der Waals surface area contributed by atoms with Gasteiger partial charge in [0.25, 0.3) is 11.2 Å². The fourth-order valence-corrected chi connectivity index (χ4v) is 2.99. The molecule has 4 aromatic rings. The Balaban J connectivity index is 2.08. The van der Waals surface area contributed by atoms with Crippen molar-refractivity contribution in [1.82, 2.24) is 9.38 Å². The van der Waals surface area contributed by atoms with E-state index in [1.54, 1.807) is 54.3 Å². The highest BCUT2D eigenvalue weighted by Crippen LogP contribution is 2.16. The molecule has 0 aliphatic carbocycles. The van der Waals surface area contributed by atoms with Gasteiger partial charge in [-0.3, -0.25) is 9.20 Å². The van der Waals surface area contributed by atoms with Crippen LogP contribution >= 0.6 is 0 Å². The van der Waals surface area contributed by atoms with E-state index in [4.69, 9.17) is 14.9 Å². The summed E-state index contributed by atoms with van der Waals surface area (Å²) in [4.78, 5) is 29.9. The van der Waals surface area contributed by atoms with Crippen LogP contribution < -0.4 is 15.9 Å². The number of aromatic nitrogens is 3. The molecule has 4 rings (SSSR count). The lowest BCUT2D eigenvalue weighted by Crippen LogP contribution is -2.42. The van der Waals surface area contributed by atoms with Crippen LogP contribution in [0.2, 0.25) is 0 Å². The van der Waals surface area contributed by atoms with E-state index in [1.165, 1.54) is 10.5 Å².